The monoisotopic (exact) mass is 202 g/mol. The van der Waals surface area contributed by atoms with Gasteiger partial charge in [0.05, 0.1) is 0 Å². The van der Waals surface area contributed by atoms with Crippen molar-refractivity contribution >= 4 is 12.0 Å². The van der Waals surface area contributed by atoms with Crippen LogP contribution in [0.15, 0.2) is 0 Å². The van der Waals surface area contributed by atoms with Crippen LogP contribution in [-0.4, -0.2) is 17.6 Å². The van der Waals surface area contributed by atoms with E-state index in [0.29, 0.717) is 19.3 Å². The van der Waals surface area contributed by atoms with Crippen molar-refractivity contribution in [3.8, 4) is 0 Å². The highest BCUT2D eigenvalue weighted by Crippen LogP contribution is 2.18. The van der Waals surface area contributed by atoms with Crippen molar-refractivity contribution < 1.29 is 14.3 Å². The second-order valence-corrected chi connectivity index (χ2v) is 3.85. The summed E-state index contributed by atoms with van der Waals surface area (Å²) in [7, 11) is 0. The van der Waals surface area contributed by atoms with Gasteiger partial charge in [-0.2, -0.15) is 0 Å². The average molecular weight is 202 g/mol. The van der Waals surface area contributed by atoms with E-state index in [9.17, 15) is 9.59 Å². The number of carbonyl (C=O) groups excluding carboxylic acids is 2. The molecule has 0 aromatic rings. The van der Waals surface area contributed by atoms with E-state index >= 15 is 0 Å². The summed E-state index contributed by atoms with van der Waals surface area (Å²) in [6.07, 6.45) is 1.75. The summed E-state index contributed by atoms with van der Waals surface area (Å²) in [5.74, 6) is -0.307. The van der Waals surface area contributed by atoms with Crippen LogP contribution in [-0.2, 0) is 9.53 Å². The summed E-state index contributed by atoms with van der Waals surface area (Å²) in [5.41, 5.74) is 9.31. The zero-order valence-electron chi connectivity index (χ0n) is 8.71. The molecule has 0 heterocycles. The van der Waals surface area contributed by atoms with Crippen molar-refractivity contribution in [2.24, 2.45) is 11.5 Å². The third kappa shape index (κ3) is 7.39. The quantitative estimate of drug-likeness (QED) is 0.626. The molecule has 5 heteroatoms. The fourth-order valence-electron chi connectivity index (χ4n) is 1.17. The number of unbranched alkanes of at least 4 members (excludes halogenated alkanes) is 1. The van der Waals surface area contributed by atoms with E-state index in [1.165, 1.54) is 0 Å². The Balaban J connectivity index is 3.65. The molecular weight excluding hydrogens is 184 g/mol. The molecule has 0 aromatic heterocycles. The first-order valence-electron chi connectivity index (χ1n) is 4.60. The number of hydrogen-bond donors (Lipinski definition) is 2. The molecule has 0 rings (SSSR count). The lowest BCUT2D eigenvalue weighted by atomic mass is 10.0. The molecule has 0 fully saturated rings. The maximum Gasteiger partial charge on any atom is 0.405 e. The molecule has 0 saturated heterocycles. The Morgan fingerprint density at radius 1 is 1.21 bits per heavy atom. The number of hydrogen-bond acceptors (Lipinski definition) is 3. The largest absolute Gasteiger partial charge is 0.444 e. The fraction of sp³-hybridized carbons (Fsp3) is 0.778. The smallest absolute Gasteiger partial charge is 0.405 e. The van der Waals surface area contributed by atoms with Crippen LogP contribution in [0.3, 0.4) is 0 Å². The first-order valence-corrected chi connectivity index (χ1v) is 4.60. The lowest BCUT2D eigenvalue weighted by molar-refractivity contribution is -0.118. The van der Waals surface area contributed by atoms with Crippen molar-refractivity contribution in [3.63, 3.8) is 0 Å². The SMILES string of the molecule is CC(C)(CCCCC(N)=O)OC(N)=O. The zero-order chi connectivity index (χ0) is 11.2. The summed E-state index contributed by atoms with van der Waals surface area (Å²) < 4.78 is 4.87. The molecule has 5 nitrogen and oxygen atoms in total. The molecule has 0 aliphatic rings. The molecule has 14 heavy (non-hydrogen) atoms. The van der Waals surface area contributed by atoms with E-state index in [0.717, 1.165) is 6.42 Å². The number of primary amides is 2. The standard InChI is InChI=1S/C9H18N2O3/c1-9(2,14-8(11)13)6-4-3-5-7(10)12/h3-6H2,1-2H3,(H2,10,12)(H2,11,13). The van der Waals surface area contributed by atoms with Gasteiger partial charge in [0.1, 0.15) is 5.60 Å². The van der Waals surface area contributed by atoms with Crippen LogP contribution in [0.25, 0.3) is 0 Å². The van der Waals surface area contributed by atoms with Crippen molar-refractivity contribution in [1.82, 2.24) is 0 Å². The Morgan fingerprint density at radius 2 is 1.79 bits per heavy atom. The summed E-state index contributed by atoms with van der Waals surface area (Å²) in [6.45, 7) is 3.56. The van der Waals surface area contributed by atoms with Gasteiger partial charge in [-0.15, -0.1) is 0 Å². The first kappa shape index (κ1) is 12.7. The molecular formula is C9H18N2O3. The minimum absolute atomic E-state index is 0.307. The molecule has 0 atom stereocenters. The molecule has 0 aromatic carbocycles. The minimum atomic E-state index is -0.773. The van der Waals surface area contributed by atoms with E-state index in [-0.39, 0.29) is 5.91 Å². The van der Waals surface area contributed by atoms with E-state index in [1.54, 1.807) is 13.8 Å². The molecule has 0 spiro atoms. The molecule has 4 N–H and O–H groups in total. The van der Waals surface area contributed by atoms with E-state index in [1.807, 2.05) is 0 Å². The van der Waals surface area contributed by atoms with E-state index in [4.69, 9.17) is 16.2 Å². The molecule has 0 saturated carbocycles. The first-order chi connectivity index (χ1) is 6.33. The summed E-state index contributed by atoms with van der Waals surface area (Å²) in [5, 5.41) is 0. The van der Waals surface area contributed by atoms with Crippen LogP contribution < -0.4 is 11.5 Å². The third-order valence-corrected chi connectivity index (χ3v) is 1.83. The molecule has 0 aliphatic carbocycles. The molecule has 0 bridgehead atoms. The Bertz CT molecular complexity index is 214. The molecule has 0 unspecified atom stereocenters. The summed E-state index contributed by atoms with van der Waals surface area (Å²) in [4.78, 5) is 20.9. The number of rotatable bonds is 6. The third-order valence-electron chi connectivity index (χ3n) is 1.83. The van der Waals surface area contributed by atoms with Crippen LogP contribution in [0.1, 0.15) is 39.5 Å². The van der Waals surface area contributed by atoms with Crippen LogP contribution in [0.4, 0.5) is 4.79 Å². The number of ether oxygens (including phenoxy) is 1. The summed E-state index contributed by atoms with van der Waals surface area (Å²) in [6, 6.07) is 0. The normalized spacial score (nSPS) is 11.0. The van der Waals surface area contributed by atoms with Crippen LogP contribution in [0, 0.1) is 0 Å². The van der Waals surface area contributed by atoms with Gasteiger partial charge < -0.3 is 16.2 Å². The Hall–Kier alpha value is -1.26. The summed E-state index contributed by atoms with van der Waals surface area (Å²) >= 11 is 0. The van der Waals surface area contributed by atoms with Crippen molar-refractivity contribution in [3.05, 3.63) is 0 Å². The number of amides is 2. The molecule has 2 amide bonds. The van der Waals surface area contributed by atoms with Gasteiger partial charge in [-0.05, 0) is 33.1 Å². The zero-order valence-corrected chi connectivity index (χ0v) is 8.71. The van der Waals surface area contributed by atoms with Crippen molar-refractivity contribution in [2.45, 2.75) is 45.1 Å². The predicted octanol–water partition coefficient (Wildman–Crippen LogP) is 0.906. The van der Waals surface area contributed by atoms with Gasteiger partial charge in [0, 0.05) is 6.42 Å². The van der Waals surface area contributed by atoms with Crippen LogP contribution >= 0.6 is 0 Å². The minimum Gasteiger partial charge on any atom is -0.444 e. The van der Waals surface area contributed by atoms with Gasteiger partial charge >= 0.3 is 6.09 Å². The maximum atomic E-state index is 10.5. The van der Waals surface area contributed by atoms with Gasteiger partial charge in [0.25, 0.3) is 0 Å². The molecule has 0 radical (unpaired) electrons. The fourth-order valence-corrected chi connectivity index (χ4v) is 1.17. The predicted molar refractivity (Wildman–Crippen MR) is 52.4 cm³/mol. The van der Waals surface area contributed by atoms with Gasteiger partial charge in [0.2, 0.25) is 5.91 Å². The van der Waals surface area contributed by atoms with Gasteiger partial charge in [-0.3, -0.25) is 4.79 Å². The van der Waals surface area contributed by atoms with Crippen LogP contribution in [0.5, 0.6) is 0 Å². The van der Waals surface area contributed by atoms with Crippen molar-refractivity contribution in [2.75, 3.05) is 0 Å². The van der Waals surface area contributed by atoms with Gasteiger partial charge in [-0.1, -0.05) is 0 Å². The van der Waals surface area contributed by atoms with Gasteiger partial charge in [0.15, 0.2) is 0 Å². The topological polar surface area (TPSA) is 95.4 Å². The van der Waals surface area contributed by atoms with Crippen LogP contribution in [0.2, 0.25) is 0 Å². The highest BCUT2D eigenvalue weighted by Gasteiger charge is 2.20. The highest BCUT2D eigenvalue weighted by molar-refractivity contribution is 5.73. The lowest BCUT2D eigenvalue weighted by Crippen LogP contribution is -2.31. The van der Waals surface area contributed by atoms with E-state index in [2.05, 4.69) is 0 Å². The second-order valence-electron chi connectivity index (χ2n) is 3.85. The Kier molecular flexibility index (Phi) is 4.97. The molecule has 0 aliphatic heterocycles. The average Bonchev–Trinajstić information content (AvgIpc) is 1.95. The lowest BCUT2D eigenvalue weighted by Gasteiger charge is -2.23. The highest BCUT2D eigenvalue weighted by atomic mass is 16.6. The second kappa shape index (κ2) is 5.47. The molecule has 82 valence electrons. The van der Waals surface area contributed by atoms with Crippen molar-refractivity contribution in [1.29, 1.82) is 0 Å². The number of nitrogens with two attached hydrogens (primary N) is 2. The van der Waals surface area contributed by atoms with E-state index < -0.39 is 11.7 Å². The Labute approximate surface area is 83.8 Å². The van der Waals surface area contributed by atoms with Gasteiger partial charge in [-0.25, -0.2) is 4.79 Å². The Morgan fingerprint density at radius 3 is 2.21 bits per heavy atom. The number of carbonyl (C=O) groups is 2. The maximum absolute atomic E-state index is 10.5.